The van der Waals surface area contributed by atoms with Crippen LogP contribution in [-0.2, 0) is 11.4 Å². The van der Waals surface area contributed by atoms with E-state index in [1.165, 1.54) is 12.1 Å². The average molecular weight is 270 g/mol. The Morgan fingerprint density at radius 2 is 1.80 bits per heavy atom. The molecule has 0 aliphatic carbocycles. The number of carboxylic acid groups (broad SMARTS) is 1. The van der Waals surface area contributed by atoms with Gasteiger partial charge < -0.3 is 9.84 Å². The summed E-state index contributed by atoms with van der Waals surface area (Å²) in [4.78, 5) is 22.0. The third-order valence-electron chi connectivity index (χ3n) is 2.87. The Labute approximate surface area is 116 Å². The molecule has 4 nitrogen and oxygen atoms in total. The van der Waals surface area contributed by atoms with Crippen molar-refractivity contribution in [2.45, 2.75) is 13.5 Å². The van der Waals surface area contributed by atoms with Gasteiger partial charge in [-0.15, -0.1) is 0 Å². The van der Waals surface area contributed by atoms with Crippen molar-refractivity contribution < 1.29 is 19.4 Å². The minimum absolute atomic E-state index is 0.155. The lowest BCUT2D eigenvalue weighted by molar-refractivity contribution is -0.131. The first-order valence-electron chi connectivity index (χ1n) is 6.13. The Morgan fingerprint density at radius 3 is 2.40 bits per heavy atom. The van der Waals surface area contributed by atoms with Crippen LogP contribution in [0.5, 0.6) is 5.75 Å². The summed E-state index contributed by atoms with van der Waals surface area (Å²) >= 11 is 0. The van der Waals surface area contributed by atoms with Gasteiger partial charge in [0, 0.05) is 5.56 Å². The second-order valence-electron chi connectivity index (χ2n) is 4.39. The Bertz CT molecular complexity index is 632. The molecule has 20 heavy (non-hydrogen) atoms. The Balaban J connectivity index is 2.10. The van der Waals surface area contributed by atoms with Gasteiger partial charge in [0.1, 0.15) is 12.4 Å². The van der Waals surface area contributed by atoms with E-state index < -0.39 is 11.8 Å². The molecule has 2 rings (SSSR count). The molecule has 0 amide bonds. The maximum absolute atomic E-state index is 11.3. The molecule has 0 spiro atoms. The zero-order valence-corrected chi connectivity index (χ0v) is 11.0. The number of Topliss-reactive ketones (excluding diaryl/α,β-unsaturated/α-hetero) is 1. The van der Waals surface area contributed by atoms with Crippen LogP contribution >= 0.6 is 0 Å². The lowest BCUT2D eigenvalue weighted by Gasteiger charge is -2.10. The number of benzene rings is 2. The minimum atomic E-state index is -1.46. The second-order valence-corrected chi connectivity index (χ2v) is 4.39. The number of ketones is 1. The van der Waals surface area contributed by atoms with Crippen LogP contribution in [0.1, 0.15) is 21.5 Å². The van der Waals surface area contributed by atoms with Gasteiger partial charge in [-0.25, -0.2) is 4.79 Å². The lowest BCUT2D eigenvalue weighted by atomic mass is 10.1. The van der Waals surface area contributed by atoms with Gasteiger partial charge in [-0.2, -0.15) is 0 Å². The van der Waals surface area contributed by atoms with Gasteiger partial charge in [0.15, 0.2) is 0 Å². The average Bonchev–Trinajstić information content (AvgIpc) is 2.46. The van der Waals surface area contributed by atoms with E-state index in [9.17, 15) is 9.59 Å². The number of carboxylic acids is 1. The third kappa shape index (κ3) is 3.23. The molecule has 0 aromatic heterocycles. The van der Waals surface area contributed by atoms with E-state index in [1.807, 2.05) is 30.3 Å². The smallest absolute Gasteiger partial charge is 0.377 e. The number of hydrogen-bond acceptors (Lipinski definition) is 3. The molecular formula is C16H14O4. The Morgan fingerprint density at radius 1 is 1.10 bits per heavy atom. The summed E-state index contributed by atoms with van der Waals surface area (Å²) in [6.07, 6.45) is 0. The summed E-state index contributed by atoms with van der Waals surface area (Å²) in [6, 6.07) is 14.3. The number of ether oxygens (including phenoxy) is 1. The molecule has 0 atom stereocenters. The Hall–Kier alpha value is -2.62. The topological polar surface area (TPSA) is 63.6 Å². The normalized spacial score (nSPS) is 10.1. The standard InChI is InChI=1S/C16H14O4/c1-11-9-13(15(17)16(18)19)7-8-14(11)20-10-12-5-3-2-4-6-12/h2-9H,10H2,1H3,(H,18,19). The maximum Gasteiger partial charge on any atom is 0.377 e. The van der Waals surface area contributed by atoms with E-state index >= 15 is 0 Å². The summed E-state index contributed by atoms with van der Waals surface area (Å²) in [5, 5.41) is 8.67. The van der Waals surface area contributed by atoms with Crippen molar-refractivity contribution in [2.75, 3.05) is 0 Å². The highest BCUT2D eigenvalue weighted by Gasteiger charge is 2.15. The number of carbonyl (C=O) groups excluding carboxylic acids is 1. The number of aryl methyl sites for hydroxylation is 1. The molecule has 0 radical (unpaired) electrons. The molecule has 0 unspecified atom stereocenters. The summed E-state index contributed by atoms with van der Waals surface area (Å²) < 4.78 is 5.66. The van der Waals surface area contributed by atoms with Crippen molar-refractivity contribution in [1.29, 1.82) is 0 Å². The number of hydrogen-bond donors (Lipinski definition) is 1. The van der Waals surface area contributed by atoms with Crippen molar-refractivity contribution in [3.63, 3.8) is 0 Å². The molecule has 4 heteroatoms. The van der Waals surface area contributed by atoms with E-state index in [0.29, 0.717) is 12.4 Å². The molecule has 0 aliphatic rings. The van der Waals surface area contributed by atoms with Gasteiger partial charge in [-0.3, -0.25) is 4.79 Å². The number of carbonyl (C=O) groups is 2. The van der Waals surface area contributed by atoms with Crippen molar-refractivity contribution in [2.24, 2.45) is 0 Å². The van der Waals surface area contributed by atoms with Gasteiger partial charge in [0.25, 0.3) is 5.78 Å². The molecule has 0 aliphatic heterocycles. The molecule has 0 saturated heterocycles. The van der Waals surface area contributed by atoms with Crippen molar-refractivity contribution >= 4 is 11.8 Å². The quantitative estimate of drug-likeness (QED) is 0.670. The number of aliphatic carboxylic acids is 1. The van der Waals surface area contributed by atoms with Gasteiger partial charge in [0.05, 0.1) is 0 Å². The van der Waals surface area contributed by atoms with Gasteiger partial charge in [-0.05, 0) is 36.2 Å². The van der Waals surface area contributed by atoms with Crippen molar-refractivity contribution in [1.82, 2.24) is 0 Å². The molecule has 0 fully saturated rings. The Kier molecular flexibility index (Phi) is 4.15. The summed E-state index contributed by atoms with van der Waals surface area (Å²) in [5.74, 6) is -1.74. The van der Waals surface area contributed by atoms with Gasteiger partial charge >= 0.3 is 5.97 Å². The van der Waals surface area contributed by atoms with Crippen LogP contribution in [0.3, 0.4) is 0 Å². The first-order valence-corrected chi connectivity index (χ1v) is 6.13. The third-order valence-corrected chi connectivity index (χ3v) is 2.87. The molecule has 102 valence electrons. The fraction of sp³-hybridized carbons (Fsp3) is 0.125. The molecule has 0 bridgehead atoms. The van der Waals surface area contributed by atoms with Crippen LogP contribution in [0.2, 0.25) is 0 Å². The highest BCUT2D eigenvalue weighted by atomic mass is 16.5. The SMILES string of the molecule is Cc1cc(C(=O)C(=O)O)ccc1OCc1ccccc1. The fourth-order valence-corrected chi connectivity index (χ4v) is 1.81. The summed E-state index contributed by atoms with van der Waals surface area (Å²) in [5.41, 5.74) is 1.92. The lowest BCUT2D eigenvalue weighted by Crippen LogP contribution is -2.12. The molecule has 2 aromatic rings. The molecule has 0 saturated carbocycles. The largest absolute Gasteiger partial charge is 0.489 e. The van der Waals surface area contributed by atoms with E-state index in [-0.39, 0.29) is 5.56 Å². The summed E-state index contributed by atoms with van der Waals surface area (Å²) in [6.45, 7) is 2.20. The number of rotatable bonds is 5. The first kappa shape index (κ1) is 13.8. The second kappa shape index (κ2) is 6.02. The predicted molar refractivity (Wildman–Crippen MR) is 73.9 cm³/mol. The van der Waals surface area contributed by atoms with Crippen LogP contribution < -0.4 is 4.74 Å². The molecular weight excluding hydrogens is 256 g/mol. The van der Waals surface area contributed by atoms with E-state index in [2.05, 4.69) is 0 Å². The van der Waals surface area contributed by atoms with Crippen LogP contribution in [0, 0.1) is 6.92 Å². The van der Waals surface area contributed by atoms with Crippen molar-refractivity contribution in [3.8, 4) is 5.75 Å². The zero-order valence-electron chi connectivity index (χ0n) is 11.0. The predicted octanol–water partition coefficient (Wildman–Crippen LogP) is 2.84. The highest BCUT2D eigenvalue weighted by molar-refractivity contribution is 6.39. The maximum atomic E-state index is 11.3. The summed E-state index contributed by atoms with van der Waals surface area (Å²) in [7, 11) is 0. The zero-order chi connectivity index (χ0) is 14.5. The van der Waals surface area contributed by atoms with E-state index in [1.54, 1.807) is 13.0 Å². The van der Waals surface area contributed by atoms with E-state index in [0.717, 1.165) is 11.1 Å². The monoisotopic (exact) mass is 270 g/mol. The van der Waals surface area contributed by atoms with Gasteiger partial charge in [-0.1, -0.05) is 30.3 Å². The van der Waals surface area contributed by atoms with Crippen LogP contribution in [0.15, 0.2) is 48.5 Å². The molecule has 1 N–H and O–H groups in total. The van der Waals surface area contributed by atoms with E-state index in [4.69, 9.17) is 9.84 Å². The fourth-order valence-electron chi connectivity index (χ4n) is 1.81. The van der Waals surface area contributed by atoms with Crippen LogP contribution in [-0.4, -0.2) is 16.9 Å². The highest BCUT2D eigenvalue weighted by Crippen LogP contribution is 2.20. The minimum Gasteiger partial charge on any atom is -0.489 e. The first-order chi connectivity index (χ1) is 9.58. The van der Waals surface area contributed by atoms with Gasteiger partial charge in [0.2, 0.25) is 0 Å². The van der Waals surface area contributed by atoms with Crippen molar-refractivity contribution in [3.05, 3.63) is 65.2 Å². The van der Waals surface area contributed by atoms with Crippen LogP contribution in [0.25, 0.3) is 0 Å². The molecule has 2 aromatic carbocycles. The molecule has 0 heterocycles. The van der Waals surface area contributed by atoms with Crippen LogP contribution in [0.4, 0.5) is 0 Å².